The average molecular weight is 420 g/mol. The Bertz CT molecular complexity index is 623. The second kappa shape index (κ2) is 12.3. The van der Waals surface area contributed by atoms with Crippen LogP contribution < -0.4 is 5.32 Å². The highest BCUT2D eigenvalue weighted by Gasteiger charge is 2.15. The highest BCUT2D eigenvalue weighted by Crippen LogP contribution is 2.24. The molecule has 0 aliphatic carbocycles. The van der Waals surface area contributed by atoms with E-state index in [0.717, 1.165) is 34.5 Å². The van der Waals surface area contributed by atoms with Crippen LogP contribution in [0.2, 0.25) is 0 Å². The quantitative estimate of drug-likeness (QED) is 0.342. The molecule has 0 bridgehead atoms. The standard InChI is InChI=1S/C22H34BrN3/c1-3-5-7-9-14-20(24-15-10-8-6-4-2)22-25-17-21(26-22)18-12-11-13-19(23)16-18/h11-13,16-17,20,24H,3-10,14-15H2,1-2H3,(H,25,26)/t20-/m0/s1. The van der Waals surface area contributed by atoms with E-state index >= 15 is 0 Å². The molecule has 2 aromatic rings. The van der Waals surface area contributed by atoms with Crippen LogP contribution in [0.4, 0.5) is 0 Å². The minimum atomic E-state index is 0.328. The van der Waals surface area contributed by atoms with E-state index < -0.39 is 0 Å². The minimum absolute atomic E-state index is 0.328. The van der Waals surface area contributed by atoms with Crippen molar-refractivity contribution in [3.8, 4) is 11.3 Å². The molecule has 4 heteroatoms. The number of halogens is 1. The summed E-state index contributed by atoms with van der Waals surface area (Å²) in [4.78, 5) is 8.32. The molecular formula is C22H34BrN3. The summed E-state index contributed by atoms with van der Waals surface area (Å²) < 4.78 is 1.09. The fourth-order valence-electron chi connectivity index (χ4n) is 3.25. The molecule has 0 unspecified atom stereocenters. The molecule has 144 valence electrons. The molecule has 0 spiro atoms. The van der Waals surface area contributed by atoms with Crippen LogP contribution in [0.5, 0.6) is 0 Å². The largest absolute Gasteiger partial charge is 0.347 e. The van der Waals surface area contributed by atoms with Crippen molar-refractivity contribution in [2.45, 2.75) is 77.7 Å². The maximum absolute atomic E-state index is 4.90. The number of nitrogens with zero attached hydrogens (tertiary/aromatic N) is 1. The summed E-state index contributed by atoms with van der Waals surface area (Å²) in [6, 6.07) is 8.66. The third kappa shape index (κ3) is 7.24. The first-order chi connectivity index (χ1) is 12.7. The lowest BCUT2D eigenvalue weighted by Gasteiger charge is -2.16. The van der Waals surface area contributed by atoms with Crippen LogP contribution in [0.1, 0.15) is 83.5 Å². The fourth-order valence-corrected chi connectivity index (χ4v) is 3.65. The molecule has 1 heterocycles. The van der Waals surface area contributed by atoms with E-state index in [2.05, 4.69) is 58.3 Å². The van der Waals surface area contributed by atoms with Crippen molar-refractivity contribution in [1.29, 1.82) is 0 Å². The summed E-state index contributed by atoms with van der Waals surface area (Å²) in [5.74, 6) is 1.08. The SMILES string of the molecule is CCCCCCN[C@@H](CCCCCC)c1nc(-c2cccc(Br)c2)c[nH]1. The van der Waals surface area contributed by atoms with Crippen molar-refractivity contribution in [2.75, 3.05) is 6.54 Å². The van der Waals surface area contributed by atoms with Crippen LogP contribution in [-0.4, -0.2) is 16.5 Å². The second-order valence-corrected chi connectivity index (χ2v) is 8.01. The van der Waals surface area contributed by atoms with E-state index in [1.54, 1.807) is 0 Å². The van der Waals surface area contributed by atoms with Gasteiger partial charge in [0.25, 0.3) is 0 Å². The summed E-state index contributed by atoms with van der Waals surface area (Å²) >= 11 is 3.55. The van der Waals surface area contributed by atoms with Gasteiger partial charge in [0.05, 0.1) is 11.7 Å². The van der Waals surface area contributed by atoms with Gasteiger partial charge in [-0.15, -0.1) is 0 Å². The van der Waals surface area contributed by atoms with E-state index in [0.29, 0.717) is 6.04 Å². The molecule has 2 rings (SSSR count). The van der Waals surface area contributed by atoms with Gasteiger partial charge in [0.1, 0.15) is 5.82 Å². The predicted molar refractivity (Wildman–Crippen MR) is 115 cm³/mol. The number of hydrogen-bond acceptors (Lipinski definition) is 2. The molecule has 0 radical (unpaired) electrons. The third-order valence-electron chi connectivity index (χ3n) is 4.82. The molecule has 2 N–H and O–H groups in total. The maximum atomic E-state index is 4.90. The smallest absolute Gasteiger partial charge is 0.124 e. The number of H-pyrrole nitrogens is 1. The van der Waals surface area contributed by atoms with Crippen molar-refractivity contribution in [2.24, 2.45) is 0 Å². The van der Waals surface area contributed by atoms with Gasteiger partial charge in [-0.1, -0.05) is 86.9 Å². The van der Waals surface area contributed by atoms with Crippen LogP contribution in [0.3, 0.4) is 0 Å². The lowest BCUT2D eigenvalue weighted by Crippen LogP contribution is -2.23. The zero-order chi connectivity index (χ0) is 18.6. The first-order valence-corrected chi connectivity index (χ1v) is 11.1. The number of imidazole rings is 1. The van der Waals surface area contributed by atoms with E-state index in [-0.39, 0.29) is 0 Å². The van der Waals surface area contributed by atoms with Crippen molar-refractivity contribution in [3.63, 3.8) is 0 Å². The topological polar surface area (TPSA) is 40.7 Å². The van der Waals surface area contributed by atoms with Crippen molar-refractivity contribution in [3.05, 3.63) is 40.8 Å². The number of aromatic nitrogens is 2. The Morgan fingerprint density at radius 1 is 1.04 bits per heavy atom. The Morgan fingerprint density at radius 3 is 2.54 bits per heavy atom. The number of aromatic amines is 1. The number of benzene rings is 1. The molecular weight excluding hydrogens is 386 g/mol. The van der Waals surface area contributed by atoms with Crippen molar-refractivity contribution in [1.82, 2.24) is 15.3 Å². The van der Waals surface area contributed by atoms with Gasteiger partial charge in [0, 0.05) is 16.2 Å². The molecule has 26 heavy (non-hydrogen) atoms. The highest BCUT2D eigenvalue weighted by atomic mass is 79.9. The van der Waals surface area contributed by atoms with Gasteiger partial charge in [-0.2, -0.15) is 0 Å². The fraction of sp³-hybridized carbons (Fsp3) is 0.591. The number of rotatable bonds is 13. The molecule has 0 aliphatic heterocycles. The van der Waals surface area contributed by atoms with E-state index in [1.165, 1.54) is 51.4 Å². The zero-order valence-electron chi connectivity index (χ0n) is 16.4. The molecule has 0 saturated carbocycles. The molecule has 0 fully saturated rings. The molecule has 1 aromatic heterocycles. The van der Waals surface area contributed by atoms with Crippen LogP contribution in [0, 0.1) is 0 Å². The first-order valence-electron chi connectivity index (χ1n) is 10.3. The molecule has 1 aromatic carbocycles. The van der Waals surface area contributed by atoms with E-state index in [1.807, 2.05) is 12.3 Å². The number of hydrogen-bond donors (Lipinski definition) is 2. The summed E-state index contributed by atoms with van der Waals surface area (Å²) in [6.45, 7) is 5.60. The molecule has 0 aliphatic rings. The van der Waals surface area contributed by atoms with E-state index in [9.17, 15) is 0 Å². The summed E-state index contributed by atoms with van der Waals surface area (Å²) in [5, 5.41) is 3.75. The van der Waals surface area contributed by atoms with Crippen LogP contribution >= 0.6 is 15.9 Å². The van der Waals surface area contributed by atoms with Gasteiger partial charge >= 0.3 is 0 Å². The third-order valence-corrected chi connectivity index (χ3v) is 5.31. The Kier molecular flexibility index (Phi) is 10.0. The lowest BCUT2D eigenvalue weighted by atomic mass is 10.1. The minimum Gasteiger partial charge on any atom is -0.347 e. The monoisotopic (exact) mass is 419 g/mol. The number of unbranched alkanes of at least 4 members (excludes halogenated alkanes) is 6. The van der Waals surface area contributed by atoms with Crippen LogP contribution in [-0.2, 0) is 0 Å². The highest BCUT2D eigenvalue weighted by molar-refractivity contribution is 9.10. The van der Waals surface area contributed by atoms with Crippen molar-refractivity contribution < 1.29 is 0 Å². The van der Waals surface area contributed by atoms with Crippen LogP contribution in [0.15, 0.2) is 34.9 Å². The summed E-state index contributed by atoms with van der Waals surface area (Å²) in [6.07, 6.45) is 13.5. The van der Waals surface area contributed by atoms with Gasteiger partial charge in [0.15, 0.2) is 0 Å². The Balaban J connectivity index is 1.98. The van der Waals surface area contributed by atoms with Gasteiger partial charge in [-0.25, -0.2) is 4.98 Å². The molecule has 0 amide bonds. The molecule has 0 saturated heterocycles. The van der Waals surface area contributed by atoms with Crippen molar-refractivity contribution >= 4 is 15.9 Å². The lowest BCUT2D eigenvalue weighted by molar-refractivity contribution is 0.445. The molecule has 3 nitrogen and oxygen atoms in total. The Labute approximate surface area is 167 Å². The first kappa shape index (κ1) is 21.2. The Morgan fingerprint density at radius 2 is 1.81 bits per heavy atom. The zero-order valence-corrected chi connectivity index (χ0v) is 17.9. The molecule has 1 atom stereocenters. The van der Waals surface area contributed by atoms with Gasteiger partial charge < -0.3 is 10.3 Å². The van der Waals surface area contributed by atoms with E-state index in [4.69, 9.17) is 4.98 Å². The normalized spacial score (nSPS) is 12.4. The number of nitrogens with one attached hydrogen (secondary N) is 2. The maximum Gasteiger partial charge on any atom is 0.124 e. The van der Waals surface area contributed by atoms with Gasteiger partial charge in [0.2, 0.25) is 0 Å². The summed E-state index contributed by atoms with van der Waals surface area (Å²) in [5.41, 5.74) is 2.17. The average Bonchev–Trinajstić information content (AvgIpc) is 3.13. The van der Waals surface area contributed by atoms with Crippen LogP contribution in [0.25, 0.3) is 11.3 Å². The van der Waals surface area contributed by atoms with Gasteiger partial charge in [-0.3, -0.25) is 0 Å². The second-order valence-electron chi connectivity index (χ2n) is 7.10. The summed E-state index contributed by atoms with van der Waals surface area (Å²) in [7, 11) is 0. The predicted octanol–water partition coefficient (Wildman–Crippen LogP) is 7.02. The van der Waals surface area contributed by atoms with Gasteiger partial charge in [-0.05, 0) is 31.5 Å². The Hall–Kier alpha value is -1.13.